The van der Waals surface area contributed by atoms with Crippen molar-refractivity contribution in [1.82, 2.24) is 4.57 Å². The predicted octanol–water partition coefficient (Wildman–Crippen LogP) is 7.19. The SMILES string of the molecule is CCOC(=O)c1cccc(-n2c(C)ccc2-c2ccccc2OCC2=C(Cl)CCC(F)C=C2)c1. The quantitative estimate of drug-likeness (QED) is 0.337. The van der Waals surface area contributed by atoms with Crippen molar-refractivity contribution in [3.05, 3.63) is 94.7 Å². The molecule has 1 atom stereocenters. The Morgan fingerprint density at radius 2 is 1.97 bits per heavy atom. The fraction of sp³-hybridized carbons (Fsp3) is 0.250. The first-order valence-electron chi connectivity index (χ1n) is 11.4. The molecule has 4 rings (SSSR count). The van der Waals surface area contributed by atoms with Gasteiger partial charge in [0.25, 0.3) is 0 Å². The second-order valence-corrected chi connectivity index (χ2v) is 8.55. The number of aromatic nitrogens is 1. The molecule has 0 N–H and O–H groups in total. The molecule has 0 bridgehead atoms. The van der Waals surface area contributed by atoms with Crippen LogP contribution in [0.25, 0.3) is 16.9 Å². The lowest BCUT2D eigenvalue weighted by molar-refractivity contribution is 0.0526. The number of allylic oxidation sites excluding steroid dienone is 2. The van der Waals surface area contributed by atoms with Gasteiger partial charge in [-0.1, -0.05) is 42.0 Å². The van der Waals surface area contributed by atoms with Crippen LogP contribution in [0.4, 0.5) is 4.39 Å². The third kappa shape index (κ3) is 5.26. The minimum atomic E-state index is -0.991. The Labute approximate surface area is 204 Å². The molecule has 1 aliphatic carbocycles. The van der Waals surface area contributed by atoms with Gasteiger partial charge >= 0.3 is 5.97 Å². The Hall–Kier alpha value is -3.31. The first kappa shape index (κ1) is 23.8. The molecule has 4 nitrogen and oxygen atoms in total. The van der Waals surface area contributed by atoms with Crippen LogP contribution in [-0.2, 0) is 4.74 Å². The molecule has 0 radical (unpaired) electrons. The second kappa shape index (κ2) is 10.7. The summed E-state index contributed by atoms with van der Waals surface area (Å²) in [7, 11) is 0. The summed E-state index contributed by atoms with van der Waals surface area (Å²) in [6.45, 7) is 4.37. The van der Waals surface area contributed by atoms with Crippen molar-refractivity contribution in [3.63, 3.8) is 0 Å². The summed E-state index contributed by atoms with van der Waals surface area (Å²) in [6.07, 6.45) is 3.14. The summed E-state index contributed by atoms with van der Waals surface area (Å²) >= 11 is 6.39. The number of ether oxygens (including phenoxy) is 2. The number of carbonyl (C=O) groups excluding carboxylic acids is 1. The molecule has 176 valence electrons. The van der Waals surface area contributed by atoms with Crippen molar-refractivity contribution in [2.24, 2.45) is 0 Å². The number of nitrogens with zero attached hydrogens (tertiary/aromatic N) is 1. The largest absolute Gasteiger partial charge is 0.488 e. The number of hydrogen-bond acceptors (Lipinski definition) is 3. The number of para-hydroxylation sites is 1. The Bertz CT molecular complexity index is 1240. The molecule has 34 heavy (non-hydrogen) atoms. The number of hydrogen-bond donors (Lipinski definition) is 0. The number of rotatable bonds is 7. The maximum atomic E-state index is 13.7. The molecule has 6 heteroatoms. The Kier molecular flexibility index (Phi) is 7.53. The molecule has 3 aromatic rings. The topological polar surface area (TPSA) is 40.5 Å². The lowest BCUT2D eigenvalue weighted by Crippen LogP contribution is -2.07. The minimum Gasteiger partial charge on any atom is -0.488 e. The molecule has 0 saturated heterocycles. The fourth-order valence-corrected chi connectivity index (χ4v) is 4.22. The molecule has 0 fully saturated rings. The van der Waals surface area contributed by atoms with Crippen LogP contribution in [0.1, 0.15) is 35.8 Å². The summed E-state index contributed by atoms with van der Waals surface area (Å²) in [5.74, 6) is 0.339. The average molecular weight is 480 g/mol. The highest BCUT2D eigenvalue weighted by Gasteiger charge is 2.17. The second-order valence-electron chi connectivity index (χ2n) is 8.09. The van der Waals surface area contributed by atoms with Crippen LogP contribution in [0.5, 0.6) is 5.75 Å². The van der Waals surface area contributed by atoms with E-state index in [1.807, 2.05) is 61.5 Å². The normalized spacial score (nSPS) is 15.8. The third-order valence-electron chi connectivity index (χ3n) is 5.73. The zero-order chi connectivity index (χ0) is 24.1. The molecular weight excluding hydrogens is 453 g/mol. The van der Waals surface area contributed by atoms with Crippen molar-refractivity contribution in [3.8, 4) is 22.7 Å². The van der Waals surface area contributed by atoms with Crippen LogP contribution >= 0.6 is 11.6 Å². The zero-order valence-electron chi connectivity index (χ0n) is 19.3. The molecule has 1 unspecified atom stereocenters. The first-order chi connectivity index (χ1) is 16.5. The van der Waals surface area contributed by atoms with Crippen molar-refractivity contribution in [1.29, 1.82) is 0 Å². The molecule has 1 aromatic heterocycles. The van der Waals surface area contributed by atoms with Gasteiger partial charge in [-0.15, -0.1) is 0 Å². The van der Waals surface area contributed by atoms with E-state index in [2.05, 4.69) is 4.57 Å². The van der Waals surface area contributed by atoms with Gasteiger partial charge < -0.3 is 14.0 Å². The maximum absolute atomic E-state index is 13.7. The summed E-state index contributed by atoms with van der Waals surface area (Å²) in [5.41, 5.74) is 4.96. The number of benzene rings is 2. The number of halogens is 2. The van der Waals surface area contributed by atoms with Gasteiger partial charge in [-0.05, 0) is 69.2 Å². The van der Waals surface area contributed by atoms with Crippen molar-refractivity contribution >= 4 is 17.6 Å². The molecule has 1 heterocycles. The van der Waals surface area contributed by atoms with Gasteiger partial charge in [0.1, 0.15) is 18.5 Å². The van der Waals surface area contributed by atoms with Crippen molar-refractivity contribution in [2.75, 3.05) is 13.2 Å². The van der Waals surface area contributed by atoms with E-state index in [1.54, 1.807) is 19.1 Å². The van der Waals surface area contributed by atoms with E-state index in [9.17, 15) is 9.18 Å². The highest BCUT2D eigenvalue weighted by molar-refractivity contribution is 6.30. The predicted molar refractivity (Wildman–Crippen MR) is 134 cm³/mol. The number of alkyl halides is 1. The standard InChI is InChI=1S/C28H27ClFNO3/c1-3-33-28(32)20-7-6-8-23(17-20)31-19(2)11-16-26(31)24-9-4-5-10-27(24)34-18-21-12-13-22(30)14-15-25(21)29/h4-13,16-17,22H,3,14-15,18H2,1-2H3. The smallest absolute Gasteiger partial charge is 0.338 e. The van der Waals surface area contributed by atoms with E-state index in [4.69, 9.17) is 21.1 Å². The van der Waals surface area contributed by atoms with Gasteiger partial charge in [0, 0.05) is 27.6 Å². The Balaban J connectivity index is 1.67. The third-order valence-corrected chi connectivity index (χ3v) is 6.16. The first-order valence-corrected chi connectivity index (χ1v) is 11.7. The van der Waals surface area contributed by atoms with E-state index >= 15 is 0 Å². The number of aryl methyl sites for hydroxylation is 1. The molecular formula is C28H27ClFNO3. The van der Waals surface area contributed by atoms with Gasteiger partial charge in [0.2, 0.25) is 0 Å². The van der Waals surface area contributed by atoms with Crippen LogP contribution in [0.15, 0.2) is 83.4 Å². The lowest BCUT2D eigenvalue weighted by Gasteiger charge is -2.17. The monoisotopic (exact) mass is 479 g/mol. The molecule has 1 aliphatic rings. The molecule has 0 spiro atoms. The molecule has 0 amide bonds. The van der Waals surface area contributed by atoms with Crippen molar-refractivity contribution < 1.29 is 18.7 Å². The van der Waals surface area contributed by atoms with Crippen LogP contribution < -0.4 is 4.74 Å². The van der Waals surface area contributed by atoms with E-state index in [1.165, 1.54) is 6.08 Å². The molecule has 0 aliphatic heterocycles. The molecule has 2 aromatic carbocycles. The van der Waals surface area contributed by atoms with Crippen LogP contribution in [-0.4, -0.2) is 29.9 Å². The molecule has 0 saturated carbocycles. The van der Waals surface area contributed by atoms with E-state index in [0.29, 0.717) is 35.8 Å². The summed E-state index contributed by atoms with van der Waals surface area (Å²) < 4.78 is 27.2. The van der Waals surface area contributed by atoms with Gasteiger partial charge in [-0.25, -0.2) is 9.18 Å². The minimum absolute atomic E-state index is 0.247. The van der Waals surface area contributed by atoms with Gasteiger partial charge in [-0.3, -0.25) is 0 Å². The number of carbonyl (C=O) groups is 1. The Morgan fingerprint density at radius 1 is 1.15 bits per heavy atom. The van der Waals surface area contributed by atoms with Crippen LogP contribution in [0.2, 0.25) is 0 Å². The van der Waals surface area contributed by atoms with Crippen LogP contribution in [0, 0.1) is 6.92 Å². The summed E-state index contributed by atoms with van der Waals surface area (Å²) in [4.78, 5) is 12.3. The van der Waals surface area contributed by atoms with Crippen LogP contribution in [0.3, 0.4) is 0 Å². The zero-order valence-corrected chi connectivity index (χ0v) is 20.0. The fourth-order valence-electron chi connectivity index (χ4n) is 4.00. The van der Waals surface area contributed by atoms with E-state index < -0.39 is 6.17 Å². The summed E-state index contributed by atoms with van der Waals surface area (Å²) in [5, 5.41) is 0.629. The lowest BCUT2D eigenvalue weighted by atomic mass is 10.1. The maximum Gasteiger partial charge on any atom is 0.338 e. The highest BCUT2D eigenvalue weighted by Crippen LogP contribution is 2.34. The number of esters is 1. The Morgan fingerprint density at radius 3 is 2.79 bits per heavy atom. The average Bonchev–Trinajstić information content (AvgIpc) is 3.15. The highest BCUT2D eigenvalue weighted by atomic mass is 35.5. The summed E-state index contributed by atoms with van der Waals surface area (Å²) in [6, 6.07) is 19.2. The van der Waals surface area contributed by atoms with Crippen molar-refractivity contribution in [2.45, 2.75) is 32.9 Å². The van der Waals surface area contributed by atoms with E-state index in [-0.39, 0.29) is 12.6 Å². The van der Waals surface area contributed by atoms with Gasteiger partial charge in [0.15, 0.2) is 0 Å². The van der Waals surface area contributed by atoms with Gasteiger partial charge in [0.05, 0.1) is 17.9 Å². The van der Waals surface area contributed by atoms with E-state index in [0.717, 1.165) is 28.2 Å². The van der Waals surface area contributed by atoms with Gasteiger partial charge in [-0.2, -0.15) is 0 Å².